The van der Waals surface area contributed by atoms with Crippen molar-refractivity contribution >= 4 is 36.1 Å². The Morgan fingerprint density at radius 2 is 1.71 bits per heavy atom. The normalized spacial score (nSPS) is 30.0. The van der Waals surface area contributed by atoms with Crippen LogP contribution in [0.2, 0.25) is 0 Å². The zero-order valence-corrected chi connectivity index (χ0v) is 24.3. The summed E-state index contributed by atoms with van der Waals surface area (Å²) in [6.07, 6.45) is -7.31. The molecule has 8 N–H and O–H groups in total. The van der Waals surface area contributed by atoms with Crippen molar-refractivity contribution < 1.29 is 53.1 Å². The number of aliphatic hydroxyl groups excluding tert-OH is 4. The number of aliphatic hydroxyl groups is 4. The Bertz CT molecular complexity index is 1780. The Labute approximate surface area is 251 Å². The Hall–Kier alpha value is -3.47. The molecule has 2 fully saturated rings. The Morgan fingerprint density at radius 3 is 2.44 bits per heavy atom. The second-order valence-corrected chi connectivity index (χ2v) is 11.7. The summed E-state index contributed by atoms with van der Waals surface area (Å²) >= 11 is 0. The van der Waals surface area contributed by atoms with Crippen LogP contribution < -0.4 is 11.3 Å². The van der Waals surface area contributed by atoms with Crippen molar-refractivity contribution in [1.29, 1.82) is 0 Å². The van der Waals surface area contributed by atoms with Gasteiger partial charge in [0.25, 0.3) is 5.56 Å². The lowest BCUT2D eigenvalue weighted by atomic mass is 10.1. The zero-order chi connectivity index (χ0) is 32.0. The number of rotatable bonds is 11. The number of phosphoric acid groups is 1. The van der Waals surface area contributed by atoms with Gasteiger partial charge in [0.2, 0.25) is 5.95 Å². The number of H-pyrrole nitrogens is 1. The molecule has 4 aromatic rings. The smallest absolute Gasteiger partial charge is 0.394 e. The van der Waals surface area contributed by atoms with Gasteiger partial charge >= 0.3 is 7.82 Å². The standard InChI is InChI=1S/C23H30N9O12P/c1-40-3-2-9-12-18(26-6-25-9)31(7-27-12)21-16(36)14(34)11(43-21)5-41-45(38,39)44-17-15(35)10(4-33)42-22(17)32-8-28-13-19(32)29-23(24)30-20(13)37/h6-8,10-11,14-17,21-22,33-36H,2-5H2,1H3,(H,38,39)(H3,24,29,30,37)/t10-,11-,14-,15-,16-,17-,21-,22-/m1/s1. The number of nitrogens with zero attached hydrogens (tertiary/aromatic N) is 7. The van der Waals surface area contributed by atoms with E-state index in [9.17, 15) is 34.7 Å². The van der Waals surface area contributed by atoms with Crippen LogP contribution in [0.4, 0.5) is 5.95 Å². The minimum atomic E-state index is -5.06. The van der Waals surface area contributed by atoms with E-state index in [2.05, 4.69) is 29.9 Å². The molecule has 6 rings (SSSR count). The average molecular weight is 656 g/mol. The largest absolute Gasteiger partial charge is 0.472 e. The predicted molar refractivity (Wildman–Crippen MR) is 147 cm³/mol. The van der Waals surface area contributed by atoms with Crippen LogP contribution in [0.15, 0.2) is 23.8 Å². The number of hydrogen-bond donors (Lipinski definition) is 7. The molecular formula is C23H30N9O12P. The molecule has 0 spiro atoms. The van der Waals surface area contributed by atoms with Crippen molar-refractivity contribution in [3.05, 3.63) is 35.0 Å². The average Bonchev–Trinajstić information content (AvgIpc) is 3.76. The summed E-state index contributed by atoms with van der Waals surface area (Å²) in [5.41, 5.74) is 6.11. The minimum Gasteiger partial charge on any atom is -0.394 e. The van der Waals surface area contributed by atoms with Crippen LogP contribution in [0, 0.1) is 0 Å². The molecule has 0 amide bonds. The number of aromatic amines is 1. The number of nitrogen functional groups attached to an aromatic ring is 1. The van der Waals surface area contributed by atoms with Gasteiger partial charge in [0, 0.05) is 13.5 Å². The van der Waals surface area contributed by atoms with Gasteiger partial charge < -0.3 is 45.3 Å². The third-order valence-electron chi connectivity index (χ3n) is 7.46. The number of phosphoric ester groups is 1. The van der Waals surface area contributed by atoms with E-state index in [-0.39, 0.29) is 17.1 Å². The van der Waals surface area contributed by atoms with E-state index >= 15 is 0 Å². The highest BCUT2D eigenvalue weighted by Crippen LogP contribution is 2.50. The first kappa shape index (κ1) is 31.5. The van der Waals surface area contributed by atoms with E-state index in [1.807, 2.05) is 0 Å². The van der Waals surface area contributed by atoms with Gasteiger partial charge in [-0.3, -0.25) is 28.0 Å². The fourth-order valence-corrected chi connectivity index (χ4v) is 6.19. The van der Waals surface area contributed by atoms with Gasteiger partial charge in [-0.15, -0.1) is 0 Å². The van der Waals surface area contributed by atoms with Crippen LogP contribution in [0.5, 0.6) is 0 Å². The first-order valence-electron chi connectivity index (χ1n) is 13.5. The molecule has 45 heavy (non-hydrogen) atoms. The van der Waals surface area contributed by atoms with Crippen LogP contribution in [-0.4, -0.2) is 128 Å². The second kappa shape index (κ2) is 12.4. The molecule has 0 aromatic carbocycles. The van der Waals surface area contributed by atoms with Crippen LogP contribution in [0.25, 0.3) is 22.3 Å². The topological polar surface area (TPSA) is 298 Å². The molecule has 0 aliphatic carbocycles. The van der Waals surface area contributed by atoms with Gasteiger partial charge in [0.1, 0.15) is 48.5 Å². The minimum absolute atomic E-state index is 0.0834. The molecule has 21 nitrogen and oxygen atoms in total. The van der Waals surface area contributed by atoms with E-state index in [1.54, 1.807) is 7.11 Å². The number of methoxy groups -OCH3 is 1. The number of imidazole rings is 2. The third-order valence-corrected chi connectivity index (χ3v) is 8.45. The zero-order valence-electron chi connectivity index (χ0n) is 23.4. The lowest BCUT2D eigenvalue weighted by Crippen LogP contribution is -2.36. The number of aromatic nitrogens is 8. The van der Waals surface area contributed by atoms with Crippen molar-refractivity contribution in [3.8, 4) is 0 Å². The van der Waals surface area contributed by atoms with Gasteiger partial charge in [-0.05, 0) is 0 Å². The van der Waals surface area contributed by atoms with Gasteiger partial charge in [-0.1, -0.05) is 0 Å². The van der Waals surface area contributed by atoms with Crippen molar-refractivity contribution in [3.63, 3.8) is 0 Å². The van der Waals surface area contributed by atoms with Crippen molar-refractivity contribution in [2.75, 3.05) is 32.7 Å². The second-order valence-electron chi connectivity index (χ2n) is 10.3. The van der Waals surface area contributed by atoms with Crippen LogP contribution in [0.3, 0.4) is 0 Å². The van der Waals surface area contributed by atoms with E-state index in [0.29, 0.717) is 29.9 Å². The molecule has 244 valence electrons. The first-order valence-corrected chi connectivity index (χ1v) is 15.0. The number of fused-ring (bicyclic) bond motifs is 2. The maximum atomic E-state index is 13.1. The molecule has 2 saturated heterocycles. The van der Waals surface area contributed by atoms with Crippen molar-refractivity contribution in [2.24, 2.45) is 0 Å². The Kier molecular flexibility index (Phi) is 8.67. The van der Waals surface area contributed by atoms with E-state index in [0.717, 1.165) is 10.9 Å². The number of nitrogens with two attached hydrogens (primary N) is 1. The van der Waals surface area contributed by atoms with Crippen LogP contribution in [-0.2, 0) is 34.2 Å². The van der Waals surface area contributed by atoms with Gasteiger partial charge in [-0.2, -0.15) is 4.98 Å². The molecule has 6 heterocycles. The SMILES string of the molecule is COCCc1ncnc2c1ncn2[C@@H]1O[C@H](COP(=O)(O)O[C@@H]2[C@H](O)[C@@H](CO)O[C@H]2n2cnc3c(=O)[nH]c(N)nc32)[C@@H](O)[C@H]1O. The molecule has 9 atom stereocenters. The van der Waals surface area contributed by atoms with Gasteiger partial charge in [0.05, 0.1) is 38.2 Å². The number of anilines is 1. The lowest BCUT2D eigenvalue weighted by molar-refractivity contribution is -0.0615. The van der Waals surface area contributed by atoms with Gasteiger partial charge in [-0.25, -0.2) is 24.5 Å². The Balaban J connectivity index is 1.17. The van der Waals surface area contributed by atoms with Gasteiger partial charge in [0.15, 0.2) is 29.3 Å². The third kappa shape index (κ3) is 5.84. The molecule has 4 aromatic heterocycles. The Morgan fingerprint density at radius 1 is 1.00 bits per heavy atom. The fraction of sp³-hybridized carbons (Fsp3) is 0.565. The molecule has 0 bridgehead atoms. The van der Waals surface area contributed by atoms with Crippen LogP contribution in [0.1, 0.15) is 18.1 Å². The summed E-state index contributed by atoms with van der Waals surface area (Å²) in [5, 5.41) is 41.9. The molecular weight excluding hydrogens is 625 g/mol. The lowest BCUT2D eigenvalue weighted by Gasteiger charge is -2.24. The highest BCUT2D eigenvalue weighted by Gasteiger charge is 2.50. The summed E-state index contributed by atoms with van der Waals surface area (Å²) in [6.45, 7) is -1.04. The summed E-state index contributed by atoms with van der Waals surface area (Å²) in [4.78, 5) is 45.8. The summed E-state index contributed by atoms with van der Waals surface area (Å²) in [6, 6.07) is 0. The number of hydrogen-bond acceptors (Lipinski definition) is 17. The molecule has 0 saturated carbocycles. The molecule has 22 heteroatoms. The van der Waals surface area contributed by atoms with Crippen molar-refractivity contribution in [2.45, 2.75) is 55.5 Å². The van der Waals surface area contributed by atoms with Crippen LogP contribution >= 0.6 is 7.82 Å². The highest BCUT2D eigenvalue weighted by atomic mass is 31.2. The maximum Gasteiger partial charge on any atom is 0.472 e. The molecule has 0 radical (unpaired) electrons. The summed E-state index contributed by atoms with van der Waals surface area (Å²) < 4.78 is 42.5. The number of nitrogens with one attached hydrogen (secondary N) is 1. The first-order chi connectivity index (χ1) is 21.5. The summed E-state index contributed by atoms with van der Waals surface area (Å²) in [7, 11) is -3.51. The van der Waals surface area contributed by atoms with Crippen molar-refractivity contribution in [1.82, 2.24) is 39.0 Å². The quantitative estimate of drug-likeness (QED) is 0.0797. The molecule has 2 aliphatic rings. The number of ether oxygens (including phenoxy) is 3. The summed E-state index contributed by atoms with van der Waals surface area (Å²) in [5.74, 6) is -0.251. The highest BCUT2D eigenvalue weighted by molar-refractivity contribution is 7.47. The predicted octanol–water partition coefficient (Wildman–Crippen LogP) is -2.90. The van der Waals surface area contributed by atoms with E-state index in [1.165, 1.54) is 17.2 Å². The fourth-order valence-electron chi connectivity index (χ4n) is 5.25. The van der Waals surface area contributed by atoms with E-state index in [4.69, 9.17) is 29.0 Å². The van der Waals surface area contributed by atoms with E-state index < -0.39 is 75.7 Å². The molecule has 2 aliphatic heterocycles. The monoisotopic (exact) mass is 655 g/mol. The molecule has 1 unspecified atom stereocenters. The maximum absolute atomic E-state index is 13.1.